The highest BCUT2D eigenvalue weighted by atomic mass is 32.1. The number of hydrogen-bond acceptors (Lipinski definition) is 5. The number of benzene rings is 1. The SMILES string of the molecule is Cc1nn(-c2ccc(F)cc2)c2nc(N3CCCC(C(=O)NC4CCCCC4)C3)sc12. The van der Waals surface area contributed by atoms with Crippen molar-refractivity contribution < 1.29 is 9.18 Å². The second kappa shape index (κ2) is 8.57. The number of nitrogens with zero attached hydrogens (tertiary/aromatic N) is 4. The molecule has 1 unspecified atom stereocenters. The predicted octanol–water partition coefficient (Wildman–Crippen LogP) is 4.59. The van der Waals surface area contributed by atoms with Gasteiger partial charge in [0.25, 0.3) is 0 Å². The van der Waals surface area contributed by atoms with Crippen molar-refractivity contribution in [2.24, 2.45) is 5.92 Å². The number of hydrogen-bond donors (Lipinski definition) is 1. The third-order valence-electron chi connectivity index (χ3n) is 6.46. The second-order valence-electron chi connectivity index (χ2n) is 8.75. The Morgan fingerprint density at radius 3 is 2.68 bits per heavy atom. The molecule has 1 saturated heterocycles. The van der Waals surface area contributed by atoms with E-state index in [4.69, 9.17) is 4.98 Å². The van der Waals surface area contributed by atoms with Gasteiger partial charge in [-0.05, 0) is 56.9 Å². The van der Waals surface area contributed by atoms with Crippen molar-refractivity contribution in [1.82, 2.24) is 20.1 Å². The van der Waals surface area contributed by atoms with Gasteiger partial charge in [0.2, 0.25) is 5.91 Å². The Bertz CT molecular complexity index is 1070. The van der Waals surface area contributed by atoms with Gasteiger partial charge in [-0.15, -0.1) is 0 Å². The second-order valence-corrected chi connectivity index (χ2v) is 9.73. The van der Waals surface area contributed by atoms with Crippen LogP contribution in [-0.2, 0) is 4.79 Å². The first kappa shape index (κ1) is 20.4. The lowest BCUT2D eigenvalue weighted by Gasteiger charge is -2.33. The molecule has 2 fully saturated rings. The summed E-state index contributed by atoms with van der Waals surface area (Å²) in [5, 5.41) is 8.83. The smallest absolute Gasteiger partial charge is 0.225 e. The summed E-state index contributed by atoms with van der Waals surface area (Å²) in [6, 6.07) is 6.65. The number of anilines is 1. The standard InChI is InChI=1S/C23H28FN5OS/c1-15-20-21(29(27-15)19-11-9-17(24)10-12-19)26-23(31-20)28-13-5-6-16(14-28)22(30)25-18-7-3-2-4-8-18/h9-12,16,18H,2-8,13-14H2,1H3,(H,25,30). The van der Waals surface area contributed by atoms with Crippen LogP contribution in [0.5, 0.6) is 0 Å². The van der Waals surface area contributed by atoms with Gasteiger partial charge in [0.1, 0.15) is 5.82 Å². The lowest BCUT2D eigenvalue weighted by molar-refractivity contribution is -0.126. The van der Waals surface area contributed by atoms with Gasteiger partial charge in [0.05, 0.1) is 22.0 Å². The fourth-order valence-corrected chi connectivity index (χ4v) is 5.77. The number of rotatable bonds is 4. The topological polar surface area (TPSA) is 63.1 Å². The van der Waals surface area contributed by atoms with Crippen molar-refractivity contribution in [3.05, 3.63) is 35.8 Å². The van der Waals surface area contributed by atoms with Crippen LogP contribution >= 0.6 is 11.3 Å². The van der Waals surface area contributed by atoms with E-state index in [-0.39, 0.29) is 17.6 Å². The summed E-state index contributed by atoms with van der Waals surface area (Å²) in [6.45, 7) is 3.59. The summed E-state index contributed by atoms with van der Waals surface area (Å²) in [7, 11) is 0. The van der Waals surface area contributed by atoms with E-state index in [1.54, 1.807) is 28.2 Å². The molecule has 5 rings (SSSR count). The third kappa shape index (κ3) is 4.18. The van der Waals surface area contributed by atoms with E-state index < -0.39 is 0 Å². The molecule has 1 saturated carbocycles. The fraction of sp³-hybridized carbons (Fsp3) is 0.522. The molecule has 164 valence electrons. The van der Waals surface area contributed by atoms with Gasteiger partial charge in [-0.25, -0.2) is 9.07 Å². The number of thiazole rings is 1. The first-order chi connectivity index (χ1) is 15.1. The highest BCUT2D eigenvalue weighted by Gasteiger charge is 2.29. The van der Waals surface area contributed by atoms with E-state index in [9.17, 15) is 9.18 Å². The predicted molar refractivity (Wildman–Crippen MR) is 121 cm³/mol. The van der Waals surface area contributed by atoms with Crippen molar-refractivity contribution in [1.29, 1.82) is 0 Å². The minimum Gasteiger partial charge on any atom is -0.353 e. The van der Waals surface area contributed by atoms with Gasteiger partial charge in [-0.3, -0.25) is 4.79 Å². The largest absolute Gasteiger partial charge is 0.353 e. The van der Waals surface area contributed by atoms with Crippen molar-refractivity contribution in [2.75, 3.05) is 18.0 Å². The zero-order valence-corrected chi connectivity index (χ0v) is 18.6. The molecule has 1 N–H and O–H groups in total. The highest BCUT2D eigenvalue weighted by molar-refractivity contribution is 7.22. The molecule has 6 nitrogen and oxygen atoms in total. The number of aromatic nitrogens is 3. The molecule has 2 aromatic heterocycles. The zero-order chi connectivity index (χ0) is 21.4. The van der Waals surface area contributed by atoms with Gasteiger partial charge in [0, 0.05) is 19.1 Å². The highest BCUT2D eigenvalue weighted by Crippen LogP contribution is 2.34. The maximum absolute atomic E-state index is 13.3. The van der Waals surface area contributed by atoms with Crippen LogP contribution in [0.4, 0.5) is 9.52 Å². The number of carbonyl (C=O) groups excluding carboxylic acids is 1. The Morgan fingerprint density at radius 2 is 1.90 bits per heavy atom. The Hall–Kier alpha value is -2.48. The molecule has 8 heteroatoms. The van der Waals surface area contributed by atoms with Gasteiger partial charge < -0.3 is 10.2 Å². The Morgan fingerprint density at radius 1 is 1.13 bits per heavy atom. The van der Waals surface area contributed by atoms with Gasteiger partial charge >= 0.3 is 0 Å². The molecule has 1 aliphatic carbocycles. The summed E-state index contributed by atoms with van der Waals surface area (Å²) in [6.07, 6.45) is 7.87. The van der Waals surface area contributed by atoms with Gasteiger partial charge in [-0.2, -0.15) is 10.1 Å². The molecule has 1 atom stereocenters. The molecule has 0 bridgehead atoms. The number of nitrogens with one attached hydrogen (secondary N) is 1. The molecule has 1 amide bonds. The molecule has 31 heavy (non-hydrogen) atoms. The molecule has 1 aromatic carbocycles. The van der Waals surface area contributed by atoms with Crippen LogP contribution in [0.3, 0.4) is 0 Å². The quantitative estimate of drug-likeness (QED) is 0.643. The number of piperidine rings is 1. The third-order valence-corrected chi connectivity index (χ3v) is 7.68. The lowest BCUT2D eigenvalue weighted by Crippen LogP contribution is -2.46. The van der Waals surface area contributed by atoms with E-state index in [2.05, 4.69) is 15.3 Å². The van der Waals surface area contributed by atoms with Crippen LogP contribution in [0.25, 0.3) is 16.0 Å². The van der Waals surface area contributed by atoms with Crippen LogP contribution in [0.2, 0.25) is 0 Å². The Labute approximate surface area is 185 Å². The van der Waals surface area contributed by atoms with E-state index in [1.165, 1.54) is 31.4 Å². The molecule has 3 heterocycles. The molecular formula is C23H28FN5OS. The Kier molecular flexibility index (Phi) is 5.65. The van der Waals surface area contributed by atoms with Crippen LogP contribution in [0.1, 0.15) is 50.6 Å². The molecule has 1 aliphatic heterocycles. The number of amides is 1. The first-order valence-electron chi connectivity index (χ1n) is 11.3. The fourth-order valence-electron chi connectivity index (χ4n) is 4.75. The van der Waals surface area contributed by atoms with Crippen molar-refractivity contribution in [3.8, 4) is 5.69 Å². The zero-order valence-electron chi connectivity index (χ0n) is 17.8. The van der Waals surface area contributed by atoms with Crippen LogP contribution in [-0.4, -0.2) is 39.8 Å². The molecular weight excluding hydrogens is 413 g/mol. The summed E-state index contributed by atoms with van der Waals surface area (Å²) < 4.78 is 16.2. The van der Waals surface area contributed by atoms with E-state index in [0.29, 0.717) is 12.6 Å². The molecule has 2 aliphatic rings. The van der Waals surface area contributed by atoms with Crippen molar-refractivity contribution in [2.45, 2.75) is 57.9 Å². The Balaban J connectivity index is 1.34. The average molecular weight is 442 g/mol. The maximum Gasteiger partial charge on any atom is 0.225 e. The molecule has 3 aromatic rings. The van der Waals surface area contributed by atoms with Crippen LogP contribution in [0, 0.1) is 18.7 Å². The van der Waals surface area contributed by atoms with Crippen LogP contribution in [0.15, 0.2) is 24.3 Å². The number of carbonyl (C=O) groups is 1. The van der Waals surface area contributed by atoms with Gasteiger partial charge in [0.15, 0.2) is 10.8 Å². The average Bonchev–Trinajstić information content (AvgIpc) is 3.36. The normalized spacial score (nSPS) is 20.3. The maximum atomic E-state index is 13.3. The van der Waals surface area contributed by atoms with E-state index >= 15 is 0 Å². The number of aryl methyl sites for hydroxylation is 1. The minimum absolute atomic E-state index is 0.0115. The van der Waals surface area contributed by atoms with Crippen molar-refractivity contribution >= 4 is 32.7 Å². The number of halogens is 1. The monoisotopic (exact) mass is 441 g/mol. The molecule has 0 spiro atoms. The van der Waals surface area contributed by atoms with E-state index in [0.717, 1.165) is 59.1 Å². The summed E-state index contributed by atoms with van der Waals surface area (Å²) in [5.41, 5.74) is 2.49. The summed E-state index contributed by atoms with van der Waals surface area (Å²) in [4.78, 5) is 20.0. The van der Waals surface area contributed by atoms with Crippen molar-refractivity contribution in [3.63, 3.8) is 0 Å². The van der Waals surface area contributed by atoms with E-state index in [1.807, 2.05) is 6.92 Å². The lowest BCUT2D eigenvalue weighted by atomic mass is 9.93. The van der Waals surface area contributed by atoms with Gasteiger partial charge in [-0.1, -0.05) is 30.6 Å². The minimum atomic E-state index is -0.270. The summed E-state index contributed by atoms with van der Waals surface area (Å²) >= 11 is 1.62. The molecule has 0 radical (unpaired) electrons. The van der Waals surface area contributed by atoms with Crippen LogP contribution < -0.4 is 10.2 Å². The summed E-state index contributed by atoms with van der Waals surface area (Å²) in [5.74, 6) is -0.0579. The first-order valence-corrected chi connectivity index (χ1v) is 12.1. The number of fused-ring (bicyclic) bond motifs is 1.